The average molecular weight is 377 g/mol. The van der Waals surface area contributed by atoms with E-state index < -0.39 is 5.60 Å². The molecule has 6 heteroatoms. The first kappa shape index (κ1) is 16.0. The molecule has 0 spiro atoms. The van der Waals surface area contributed by atoms with Crippen molar-refractivity contribution in [3.05, 3.63) is 68.6 Å². The highest BCUT2D eigenvalue weighted by atomic mass is 79.9. The standard InChI is InChI=1S/C17H17BrN2O3/c1-17(2)13(10-19-22)16(20-8-4-3-5-15(20)21)12-9-11(18)6-7-14(12)23-17/h3-9,19,22H,10H2,1-2H3. The van der Waals surface area contributed by atoms with Crippen LogP contribution in [0.15, 0.2) is 57.4 Å². The maximum Gasteiger partial charge on any atom is 0.255 e. The van der Waals surface area contributed by atoms with Gasteiger partial charge in [0, 0.05) is 34.4 Å². The maximum absolute atomic E-state index is 12.4. The summed E-state index contributed by atoms with van der Waals surface area (Å²) in [4.78, 5) is 12.4. The third-order valence-electron chi connectivity index (χ3n) is 3.89. The molecular weight excluding hydrogens is 360 g/mol. The zero-order valence-electron chi connectivity index (χ0n) is 12.8. The fraction of sp³-hybridized carbons (Fsp3) is 0.235. The molecule has 3 rings (SSSR count). The number of hydrogen-bond acceptors (Lipinski definition) is 4. The number of hydrogen-bond donors (Lipinski definition) is 2. The summed E-state index contributed by atoms with van der Waals surface area (Å²) in [5.74, 6) is 0.700. The van der Waals surface area contributed by atoms with Crippen molar-refractivity contribution in [1.82, 2.24) is 10.0 Å². The van der Waals surface area contributed by atoms with E-state index in [0.29, 0.717) is 5.75 Å². The monoisotopic (exact) mass is 376 g/mol. The molecule has 0 atom stereocenters. The number of halogens is 1. The van der Waals surface area contributed by atoms with Crippen molar-refractivity contribution in [3.8, 4) is 5.75 Å². The van der Waals surface area contributed by atoms with Crippen molar-refractivity contribution in [2.24, 2.45) is 0 Å². The molecule has 0 saturated carbocycles. The number of pyridine rings is 1. The van der Waals surface area contributed by atoms with Crippen LogP contribution in [0.4, 0.5) is 0 Å². The summed E-state index contributed by atoms with van der Waals surface area (Å²) in [6.45, 7) is 4.02. The molecule has 2 heterocycles. The van der Waals surface area contributed by atoms with E-state index in [1.807, 2.05) is 32.0 Å². The third-order valence-corrected chi connectivity index (χ3v) is 4.39. The molecule has 2 aromatic rings. The number of nitrogens with one attached hydrogen (secondary N) is 1. The SMILES string of the molecule is CC1(C)Oc2ccc(Br)cc2C(n2ccccc2=O)=C1CNO. The van der Waals surface area contributed by atoms with E-state index in [9.17, 15) is 10.0 Å². The zero-order valence-corrected chi connectivity index (χ0v) is 14.4. The lowest BCUT2D eigenvalue weighted by atomic mass is 9.89. The largest absolute Gasteiger partial charge is 0.483 e. The Hall–Kier alpha value is -1.89. The first-order chi connectivity index (χ1) is 10.9. The second-order valence-corrected chi connectivity index (χ2v) is 6.74. The van der Waals surface area contributed by atoms with Gasteiger partial charge in [-0.15, -0.1) is 0 Å². The fourth-order valence-electron chi connectivity index (χ4n) is 2.82. The molecular formula is C17H17BrN2O3. The Labute approximate surface area is 142 Å². The van der Waals surface area contributed by atoms with Gasteiger partial charge in [0.05, 0.1) is 5.70 Å². The van der Waals surface area contributed by atoms with E-state index in [1.165, 1.54) is 6.07 Å². The molecule has 2 N–H and O–H groups in total. The second kappa shape index (κ2) is 5.96. The molecule has 23 heavy (non-hydrogen) atoms. The van der Waals surface area contributed by atoms with Gasteiger partial charge in [-0.3, -0.25) is 9.36 Å². The smallest absolute Gasteiger partial charge is 0.255 e. The Balaban J connectivity index is 2.38. The minimum absolute atomic E-state index is 0.137. The van der Waals surface area contributed by atoms with E-state index >= 15 is 0 Å². The average Bonchev–Trinajstić information content (AvgIpc) is 2.50. The molecule has 0 bridgehead atoms. The van der Waals surface area contributed by atoms with Crippen molar-refractivity contribution in [1.29, 1.82) is 0 Å². The number of benzene rings is 1. The number of aromatic nitrogens is 1. The summed E-state index contributed by atoms with van der Waals surface area (Å²) < 4.78 is 8.56. The summed E-state index contributed by atoms with van der Waals surface area (Å²) in [7, 11) is 0. The van der Waals surface area contributed by atoms with E-state index in [2.05, 4.69) is 21.4 Å². The molecule has 0 radical (unpaired) electrons. The summed E-state index contributed by atoms with van der Waals surface area (Å²) in [5, 5.41) is 9.25. The molecule has 0 saturated heterocycles. The zero-order chi connectivity index (χ0) is 16.6. The third kappa shape index (κ3) is 2.85. The van der Waals surface area contributed by atoms with Crippen molar-refractivity contribution >= 4 is 21.6 Å². The highest BCUT2D eigenvalue weighted by molar-refractivity contribution is 9.10. The molecule has 5 nitrogen and oxygen atoms in total. The van der Waals surface area contributed by atoms with Crippen molar-refractivity contribution in [2.75, 3.05) is 6.54 Å². The number of hydroxylamine groups is 1. The lowest BCUT2D eigenvalue weighted by molar-refractivity contribution is 0.119. The van der Waals surface area contributed by atoms with E-state index in [0.717, 1.165) is 21.3 Å². The van der Waals surface area contributed by atoms with Gasteiger partial charge in [0.15, 0.2) is 0 Å². The number of nitrogens with zero attached hydrogens (tertiary/aromatic N) is 1. The lowest BCUT2D eigenvalue weighted by Gasteiger charge is -2.37. The number of fused-ring (bicyclic) bond motifs is 1. The van der Waals surface area contributed by atoms with Gasteiger partial charge in [0.25, 0.3) is 5.56 Å². The van der Waals surface area contributed by atoms with Crippen LogP contribution < -0.4 is 15.8 Å². The van der Waals surface area contributed by atoms with Gasteiger partial charge in [-0.25, -0.2) is 5.48 Å². The molecule has 0 amide bonds. The summed E-state index contributed by atoms with van der Waals surface area (Å²) in [6, 6.07) is 10.7. The molecule has 0 unspecified atom stereocenters. The summed E-state index contributed by atoms with van der Waals surface area (Å²) in [6.07, 6.45) is 1.72. The molecule has 1 aromatic heterocycles. The van der Waals surface area contributed by atoms with Gasteiger partial charge in [-0.2, -0.15) is 0 Å². The van der Waals surface area contributed by atoms with Crippen molar-refractivity contribution in [3.63, 3.8) is 0 Å². The minimum Gasteiger partial charge on any atom is -0.483 e. The van der Waals surface area contributed by atoms with Crippen LogP contribution in [0.25, 0.3) is 5.70 Å². The van der Waals surface area contributed by atoms with Crippen LogP contribution >= 0.6 is 15.9 Å². The Bertz CT molecular complexity index is 840. The highest BCUT2D eigenvalue weighted by Crippen LogP contribution is 2.41. The van der Waals surface area contributed by atoms with Crippen LogP contribution in [-0.2, 0) is 0 Å². The Morgan fingerprint density at radius 2 is 2.09 bits per heavy atom. The van der Waals surface area contributed by atoms with Crippen molar-refractivity contribution < 1.29 is 9.94 Å². The van der Waals surface area contributed by atoms with Gasteiger partial charge in [-0.05, 0) is 38.1 Å². The van der Waals surface area contributed by atoms with E-state index in [1.54, 1.807) is 22.9 Å². The van der Waals surface area contributed by atoms with Crippen LogP contribution in [-0.4, -0.2) is 21.9 Å². The second-order valence-electron chi connectivity index (χ2n) is 5.82. The quantitative estimate of drug-likeness (QED) is 0.808. The Morgan fingerprint density at radius 1 is 1.30 bits per heavy atom. The molecule has 0 fully saturated rings. The minimum atomic E-state index is -0.666. The lowest BCUT2D eigenvalue weighted by Crippen LogP contribution is -2.40. The molecule has 120 valence electrons. The van der Waals surface area contributed by atoms with Crippen molar-refractivity contribution in [2.45, 2.75) is 19.4 Å². The van der Waals surface area contributed by atoms with Gasteiger partial charge in [0.2, 0.25) is 0 Å². The van der Waals surface area contributed by atoms with Gasteiger partial charge in [0.1, 0.15) is 11.4 Å². The first-order valence-corrected chi connectivity index (χ1v) is 8.01. The van der Waals surface area contributed by atoms with Crippen LogP contribution in [0.3, 0.4) is 0 Å². The van der Waals surface area contributed by atoms with Crippen LogP contribution in [0.5, 0.6) is 5.75 Å². The summed E-state index contributed by atoms with van der Waals surface area (Å²) in [5.41, 5.74) is 3.71. The highest BCUT2D eigenvalue weighted by Gasteiger charge is 2.35. The predicted octanol–water partition coefficient (Wildman–Crippen LogP) is 3.02. The normalized spacial score (nSPS) is 16.0. The van der Waals surface area contributed by atoms with Gasteiger partial charge in [-0.1, -0.05) is 22.0 Å². The fourth-order valence-corrected chi connectivity index (χ4v) is 3.18. The molecule has 0 aliphatic carbocycles. The van der Waals surface area contributed by atoms with E-state index in [4.69, 9.17) is 4.74 Å². The topological polar surface area (TPSA) is 63.5 Å². The Morgan fingerprint density at radius 3 is 2.78 bits per heavy atom. The Kier molecular flexibility index (Phi) is 4.14. The van der Waals surface area contributed by atoms with E-state index in [-0.39, 0.29) is 12.1 Å². The molecule has 1 aliphatic heterocycles. The maximum atomic E-state index is 12.4. The molecule has 1 aromatic carbocycles. The van der Waals surface area contributed by atoms with Crippen LogP contribution in [0.1, 0.15) is 19.4 Å². The predicted molar refractivity (Wildman–Crippen MR) is 91.7 cm³/mol. The first-order valence-electron chi connectivity index (χ1n) is 7.21. The number of rotatable bonds is 3. The van der Waals surface area contributed by atoms with Gasteiger partial charge >= 0.3 is 0 Å². The van der Waals surface area contributed by atoms with Crippen LogP contribution in [0, 0.1) is 0 Å². The summed E-state index contributed by atoms with van der Waals surface area (Å²) >= 11 is 3.47. The van der Waals surface area contributed by atoms with Gasteiger partial charge < -0.3 is 9.94 Å². The number of ether oxygens (including phenoxy) is 1. The van der Waals surface area contributed by atoms with Crippen LogP contribution in [0.2, 0.25) is 0 Å². The molecule has 1 aliphatic rings.